The maximum atomic E-state index is 12.1. The van der Waals surface area contributed by atoms with Crippen molar-refractivity contribution in [2.45, 2.75) is 6.92 Å². The highest BCUT2D eigenvalue weighted by atomic mass is 35.5. The Morgan fingerprint density at radius 1 is 1.18 bits per heavy atom. The number of hydrogen-bond donors (Lipinski definition) is 1. The number of nitrogens with zero attached hydrogens (tertiary/aromatic N) is 1. The summed E-state index contributed by atoms with van der Waals surface area (Å²) in [6.45, 7) is 1.57. The van der Waals surface area contributed by atoms with Gasteiger partial charge >= 0.3 is 0 Å². The van der Waals surface area contributed by atoms with E-state index in [0.717, 1.165) is 5.56 Å². The van der Waals surface area contributed by atoms with Crippen molar-refractivity contribution in [3.05, 3.63) is 74.8 Å². The van der Waals surface area contributed by atoms with Crippen molar-refractivity contribution in [2.75, 3.05) is 5.32 Å². The van der Waals surface area contributed by atoms with E-state index in [0.29, 0.717) is 11.3 Å². The van der Waals surface area contributed by atoms with Gasteiger partial charge in [0.05, 0.1) is 16.2 Å². The third-order valence-electron chi connectivity index (χ3n) is 3.06. The SMILES string of the molecule is Cc1c(NC(=O)C(Cl)=Cc2ccccc2)cccc1[N+](=O)[O-]. The van der Waals surface area contributed by atoms with Gasteiger partial charge in [0.1, 0.15) is 5.03 Å². The van der Waals surface area contributed by atoms with Crippen molar-refractivity contribution >= 4 is 35.0 Å². The van der Waals surface area contributed by atoms with E-state index in [1.165, 1.54) is 18.2 Å². The molecule has 2 aromatic carbocycles. The van der Waals surface area contributed by atoms with Gasteiger partial charge in [0.15, 0.2) is 0 Å². The van der Waals surface area contributed by atoms with E-state index in [9.17, 15) is 14.9 Å². The van der Waals surface area contributed by atoms with Gasteiger partial charge in [0, 0.05) is 6.07 Å². The molecule has 0 saturated carbocycles. The molecule has 0 heterocycles. The molecule has 2 rings (SSSR count). The van der Waals surface area contributed by atoms with Crippen LogP contribution >= 0.6 is 11.6 Å². The van der Waals surface area contributed by atoms with Crippen molar-refractivity contribution in [1.29, 1.82) is 0 Å². The molecule has 1 amide bonds. The minimum atomic E-state index is -0.519. The topological polar surface area (TPSA) is 72.2 Å². The second kappa shape index (κ2) is 6.87. The molecule has 0 spiro atoms. The van der Waals surface area contributed by atoms with Gasteiger partial charge in [-0.1, -0.05) is 48.0 Å². The van der Waals surface area contributed by atoms with Gasteiger partial charge in [0.25, 0.3) is 11.6 Å². The predicted octanol–water partition coefficient (Wildman–Crippen LogP) is 4.12. The Kier molecular flexibility index (Phi) is 4.91. The number of nitro benzene ring substituents is 1. The van der Waals surface area contributed by atoms with Crippen LogP contribution in [0.25, 0.3) is 6.08 Å². The maximum absolute atomic E-state index is 12.1. The van der Waals surface area contributed by atoms with Gasteiger partial charge in [-0.05, 0) is 24.6 Å². The fraction of sp³-hybridized carbons (Fsp3) is 0.0625. The molecule has 0 aliphatic rings. The Labute approximate surface area is 132 Å². The molecule has 2 aromatic rings. The zero-order valence-electron chi connectivity index (χ0n) is 11.7. The van der Waals surface area contributed by atoms with Crippen LogP contribution < -0.4 is 5.32 Å². The fourth-order valence-corrected chi connectivity index (χ4v) is 2.07. The lowest BCUT2D eigenvalue weighted by Crippen LogP contribution is -2.12. The molecule has 0 fully saturated rings. The quantitative estimate of drug-likeness (QED) is 0.524. The molecule has 1 N–H and O–H groups in total. The number of nitro groups is 1. The normalized spacial score (nSPS) is 11.1. The third kappa shape index (κ3) is 3.71. The molecule has 0 saturated heterocycles. The Balaban J connectivity index is 2.21. The number of amides is 1. The summed E-state index contributed by atoms with van der Waals surface area (Å²) in [4.78, 5) is 22.5. The van der Waals surface area contributed by atoms with Gasteiger partial charge in [-0.2, -0.15) is 0 Å². The van der Waals surface area contributed by atoms with E-state index < -0.39 is 10.8 Å². The predicted molar refractivity (Wildman–Crippen MR) is 86.7 cm³/mol. The zero-order valence-corrected chi connectivity index (χ0v) is 12.5. The Morgan fingerprint density at radius 2 is 1.86 bits per heavy atom. The molecule has 0 radical (unpaired) electrons. The van der Waals surface area contributed by atoms with Gasteiger partial charge in [-0.3, -0.25) is 14.9 Å². The number of halogens is 1. The van der Waals surface area contributed by atoms with Crippen molar-refractivity contribution < 1.29 is 9.72 Å². The minimum Gasteiger partial charge on any atom is -0.321 e. The van der Waals surface area contributed by atoms with Crippen LogP contribution in [0.4, 0.5) is 11.4 Å². The van der Waals surface area contributed by atoms with Crippen LogP contribution in [0.15, 0.2) is 53.6 Å². The van der Waals surface area contributed by atoms with Crippen LogP contribution in [0.3, 0.4) is 0 Å². The minimum absolute atomic E-state index is 0.00268. The van der Waals surface area contributed by atoms with Crippen LogP contribution in [0, 0.1) is 17.0 Å². The van der Waals surface area contributed by atoms with Crippen LogP contribution in [0.1, 0.15) is 11.1 Å². The van der Waals surface area contributed by atoms with Gasteiger partial charge in [-0.25, -0.2) is 0 Å². The van der Waals surface area contributed by atoms with Gasteiger partial charge < -0.3 is 5.32 Å². The molecule has 5 nitrogen and oxygen atoms in total. The van der Waals surface area contributed by atoms with E-state index in [1.54, 1.807) is 13.0 Å². The molecule has 0 unspecified atom stereocenters. The molecule has 0 bridgehead atoms. The molecular formula is C16H13ClN2O3. The molecular weight excluding hydrogens is 304 g/mol. The van der Waals surface area contributed by atoms with Crippen LogP contribution in [0.5, 0.6) is 0 Å². The van der Waals surface area contributed by atoms with E-state index in [-0.39, 0.29) is 10.7 Å². The number of anilines is 1. The Hall–Kier alpha value is -2.66. The molecule has 0 aliphatic heterocycles. The lowest BCUT2D eigenvalue weighted by molar-refractivity contribution is -0.385. The summed E-state index contributed by atoms with van der Waals surface area (Å²) in [5, 5.41) is 13.5. The number of hydrogen-bond acceptors (Lipinski definition) is 3. The average molecular weight is 317 g/mol. The summed E-state index contributed by atoms with van der Waals surface area (Å²) < 4.78 is 0. The summed E-state index contributed by atoms with van der Waals surface area (Å²) in [6, 6.07) is 13.6. The van der Waals surface area contributed by atoms with E-state index >= 15 is 0 Å². The first-order chi connectivity index (χ1) is 10.5. The monoisotopic (exact) mass is 316 g/mol. The highest BCUT2D eigenvalue weighted by Crippen LogP contribution is 2.25. The first-order valence-electron chi connectivity index (χ1n) is 6.46. The van der Waals surface area contributed by atoms with E-state index in [4.69, 9.17) is 11.6 Å². The summed E-state index contributed by atoms with van der Waals surface area (Å²) >= 11 is 5.99. The van der Waals surface area contributed by atoms with Crippen molar-refractivity contribution in [1.82, 2.24) is 0 Å². The second-order valence-corrected chi connectivity index (χ2v) is 4.97. The first-order valence-corrected chi connectivity index (χ1v) is 6.84. The highest BCUT2D eigenvalue weighted by molar-refractivity contribution is 6.45. The fourth-order valence-electron chi connectivity index (χ4n) is 1.90. The second-order valence-electron chi connectivity index (χ2n) is 4.56. The molecule has 0 aliphatic carbocycles. The zero-order chi connectivity index (χ0) is 16.1. The van der Waals surface area contributed by atoms with Crippen LogP contribution in [0.2, 0.25) is 0 Å². The van der Waals surface area contributed by atoms with Gasteiger partial charge in [0.2, 0.25) is 0 Å². The summed E-state index contributed by atoms with van der Waals surface area (Å²) in [7, 11) is 0. The smallest absolute Gasteiger partial charge is 0.274 e. The van der Waals surface area contributed by atoms with Crippen molar-refractivity contribution in [3.63, 3.8) is 0 Å². The summed E-state index contributed by atoms with van der Waals surface area (Å²) in [5.41, 5.74) is 1.48. The number of nitrogens with one attached hydrogen (secondary N) is 1. The molecule has 0 atom stereocenters. The Morgan fingerprint density at radius 3 is 2.50 bits per heavy atom. The molecule has 6 heteroatoms. The number of carbonyl (C=O) groups is 1. The Bertz CT molecular complexity index is 742. The maximum Gasteiger partial charge on any atom is 0.274 e. The number of carbonyl (C=O) groups excluding carboxylic acids is 1. The van der Waals surface area contributed by atoms with Crippen LogP contribution in [-0.4, -0.2) is 10.8 Å². The third-order valence-corrected chi connectivity index (χ3v) is 3.34. The molecule has 22 heavy (non-hydrogen) atoms. The number of rotatable bonds is 4. The largest absolute Gasteiger partial charge is 0.321 e. The average Bonchev–Trinajstić information content (AvgIpc) is 2.50. The lowest BCUT2D eigenvalue weighted by atomic mass is 10.1. The first kappa shape index (κ1) is 15.7. The highest BCUT2D eigenvalue weighted by Gasteiger charge is 2.15. The lowest BCUT2D eigenvalue weighted by Gasteiger charge is -2.08. The van der Waals surface area contributed by atoms with Crippen molar-refractivity contribution in [2.24, 2.45) is 0 Å². The van der Waals surface area contributed by atoms with E-state index in [1.807, 2.05) is 30.3 Å². The van der Waals surface area contributed by atoms with Crippen molar-refractivity contribution in [3.8, 4) is 0 Å². The standard InChI is InChI=1S/C16H13ClN2O3/c1-11-14(8-5-9-15(11)19(21)22)18-16(20)13(17)10-12-6-3-2-4-7-12/h2-10H,1H3,(H,18,20). The number of benzene rings is 2. The van der Waals surface area contributed by atoms with Crippen LogP contribution in [-0.2, 0) is 4.79 Å². The summed E-state index contributed by atoms with van der Waals surface area (Å²) in [6.07, 6.45) is 1.53. The molecule has 112 valence electrons. The van der Waals surface area contributed by atoms with Gasteiger partial charge in [-0.15, -0.1) is 0 Å². The molecule has 0 aromatic heterocycles. The van der Waals surface area contributed by atoms with E-state index in [2.05, 4.69) is 5.32 Å². The summed E-state index contributed by atoms with van der Waals surface area (Å²) in [5.74, 6) is -0.519.